The molecule has 0 saturated heterocycles. The van der Waals surface area contributed by atoms with Crippen LogP contribution < -0.4 is 36.1 Å². The van der Waals surface area contributed by atoms with Crippen LogP contribution >= 0.6 is 0 Å². The summed E-state index contributed by atoms with van der Waals surface area (Å²) in [7, 11) is 3.80. The Kier molecular flexibility index (Phi) is 11.4. The summed E-state index contributed by atoms with van der Waals surface area (Å²) < 4.78 is 12.4. The lowest BCUT2D eigenvalue weighted by atomic mass is 9.88. The molecule has 6 aromatic rings. The summed E-state index contributed by atoms with van der Waals surface area (Å²) in [6.07, 6.45) is 1.38. The first-order valence-electron chi connectivity index (χ1n) is 21.1. The van der Waals surface area contributed by atoms with Gasteiger partial charge >= 0.3 is 17.9 Å². The lowest BCUT2D eigenvalue weighted by molar-refractivity contribution is 0.0682. The molecular formula is C53H38N4O12. The number of carbonyl (C=O) groups is 5. The second-order valence-electron chi connectivity index (χ2n) is 16.3. The number of hydrogen-bond donors (Lipinski definition) is 6. The molecule has 3 aliphatic rings. The van der Waals surface area contributed by atoms with Crippen LogP contribution in [0.4, 0.5) is 5.69 Å². The molecule has 0 saturated carbocycles. The van der Waals surface area contributed by atoms with Crippen LogP contribution in [0.3, 0.4) is 0 Å². The summed E-state index contributed by atoms with van der Waals surface area (Å²) in [6.45, 7) is 3.63. The molecule has 0 radical (unpaired) electrons. The SMILES string of the molecule is C=c1ccc2c(c1)Oc1cc(N(C)C)ccc1C=2c1ccc(C(=O)NCc2ccc(C(=O)NCc3c4oc5cc(O)ccc5c(-c5ccc(C(=O)O)cc5C(=O)O)c-4ccc3=O)nc2)cc1C(=O)O. The van der Waals surface area contributed by atoms with Gasteiger partial charge in [-0.05, 0) is 94.7 Å². The third-order valence-corrected chi connectivity index (χ3v) is 11.7. The summed E-state index contributed by atoms with van der Waals surface area (Å²) in [4.78, 5) is 83.4. The molecule has 0 spiro atoms. The molecule has 16 nitrogen and oxygen atoms in total. The first kappa shape index (κ1) is 44.6. The number of nitrogens with zero attached hydrogens (tertiary/aromatic N) is 2. The van der Waals surface area contributed by atoms with Gasteiger partial charge in [-0.15, -0.1) is 0 Å². The minimum absolute atomic E-state index is 0.00277. The van der Waals surface area contributed by atoms with E-state index in [0.29, 0.717) is 49.6 Å². The second-order valence-corrected chi connectivity index (χ2v) is 16.3. The summed E-state index contributed by atoms with van der Waals surface area (Å²) in [5.41, 5.74) is 2.71. The first-order chi connectivity index (χ1) is 33.1. The summed E-state index contributed by atoms with van der Waals surface area (Å²) >= 11 is 0. The molecule has 69 heavy (non-hydrogen) atoms. The van der Waals surface area contributed by atoms with Gasteiger partial charge in [0, 0.05) is 83.1 Å². The highest BCUT2D eigenvalue weighted by Crippen LogP contribution is 2.44. The third-order valence-electron chi connectivity index (χ3n) is 11.7. The largest absolute Gasteiger partial charge is 0.508 e. The van der Waals surface area contributed by atoms with Gasteiger partial charge in [-0.25, -0.2) is 14.4 Å². The first-order valence-corrected chi connectivity index (χ1v) is 21.1. The number of aromatic carboxylic acids is 3. The monoisotopic (exact) mass is 922 g/mol. The lowest BCUT2D eigenvalue weighted by Gasteiger charge is -2.24. The normalized spacial score (nSPS) is 11.6. The number of anilines is 1. The quantitative estimate of drug-likeness (QED) is 0.0722. The summed E-state index contributed by atoms with van der Waals surface area (Å²) in [6, 6.07) is 29.0. The highest BCUT2D eigenvalue weighted by Gasteiger charge is 2.28. The van der Waals surface area contributed by atoms with Gasteiger partial charge < -0.3 is 45.1 Å². The van der Waals surface area contributed by atoms with Crippen LogP contribution in [0, 0.1) is 0 Å². The Morgan fingerprint density at radius 1 is 0.667 bits per heavy atom. The fourth-order valence-corrected chi connectivity index (χ4v) is 8.29. The van der Waals surface area contributed by atoms with E-state index in [2.05, 4.69) is 22.2 Å². The molecule has 0 bridgehead atoms. The third kappa shape index (κ3) is 8.45. The molecule has 6 N–H and O–H groups in total. The fraction of sp³-hybridized carbons (Fsp3) is 0.0755. The van der Waals surface area contributed by atoms with E-state index >= 15 is 0 Å². The number of aromatic hydroxyl groups is 1. The van der Waals surface area contributed by atoms with Crippen molar-refractivity contribution in [3.63, 3.8) is 0 Å². The van der Waals surface area contributed by atoms with Crippen molar-refractivity contribution in [3.8, 4) is 39.7 Å². The molecule has 0 atom stereocenters. The van der Waals surface area contributed by atoms with Crippen molar-refractivity contribution in [2.75, 3.05) is 19.0 Å². The van der Waals surface area contributed by atoms with E-state index in [0.717, 1.165) is 11.8 Å². The Morgan fingerprint density at radius 3 is 2.09 bits per heavy atom. The number of hydrogen-bond acceptors (Lipinski definition) is 11. The van der Waals surface area contributed by atoms with Gasteiger partial charge in [0.25, 0.3) is 11.8 Å². The van der Waals surface area contributed by atoms with Gasteiger partial charge in [0.2, 0.25) is 0 Å². The number of amides is 2. The zero-order chi connectivity index (χ0) is 48.8. The number of benzene rings is 6. The van der Waals surface area contributed by atoms with Crippen LogP contribution in [0.1, 0.15) is 74.2 Å². The molecule has 342 valence electrons. The second kappa shape index (κ2) is 17.7. The smallest absolute Gasteiger partial charge is 0.336 e. The van der Waals surface area contributed by atoms with Crippen LogP contribution in [-0.4, -0.2) is 69.2 Å². The van der Waals surface area contributed by atoms with Crippen LogP contribution in [0.15, 0.2) is 131 Å². The molecule has 16 heteroatoms. The fourth-order valence-electron chi connectivity index (χ4n) is 8.29. The average molecular weight is 923 g/mol. The van der Waals surface area contributed by atoms with Crippen LogP contribution in [0.2, 0.25) is 0 Å². The minimum atomic E-state index is -1.40. The van der Waals surface area contributed by atoms with Crippen LogP contribution in [-0.2, 0) is 13.1 Å². The predicted molar refractivity (Wildman–Crippen MR) is 254 cm³/mol. The van der Waals surface area contributed by atoms with Gasteiger partial charge in [0.1, 0.15) is 34.3 Å². The maximum absolute atomic E-state index is 13.5. The highest BCUT2D eigenvalue weighted by atomic mass is 16.5. The van der Waals surface area contributed by atoms with Gasteiger partial charge in [-0.3, -0.25) is 19.4 Å². The molecular weight excluding hydrogens is 885 g/mol. The molecule has 2 amide bonds. The van der Waals surface area contributed by atoms with E-state index in [4.69, 9.17) is 9.15 Å². The number of pyridine rings is 1. The topological polar surface area (TPSA) is 246 Å². The zero-order valence-corrected chi connectivity index (χ0v) is 36.6. The molecule has 9 rings (SSSR count). The van der Waals surface area contributed by atoms with E-state index in [9.17, 15) is 49.2 Å². The number of nitrogens with one attached hydrogen (secondary N) is 2. The maximum atomic E-state index is 13.5. The van der Waals surface area contributed by atoms with Crippen molar-refractivity contribution in [2.24, 2.45) is 0 Å². The molecule has 0 fully saturated rings. The number of rotatable bonds is 12. The number of carboxylic acid groups (broad SMARTS) is 3. The van der Waals surface area contributed by atoms with Crippen molar-refractivity contribution in [1.82, 2.24) is 15.6 Å². The van der Waals surface area contributed by atoms with E-state index in [1.54, 1.807) is 24.3 Å². The lowest BCUT2D eigenvalue weighted by Crippen LogP contribution is -2.27. The van der Waals surface area contributed by atoms with Crippen molar-refractivity contribution in [3.05, 3.63) is 192 Å². The van der Waals surface area contributed by atoms with Crippen molar-refractivity contribution in [1.29, 1.82) is 0 Å². The summed E-state index contributed by atoms with van der Waals surface area (Å²) in [5, 5.41) is 47.6. The number of phenolic OH excluding ortho intramolecular Hbond substituents is 1. The van der Waals surface area contributed by atoms with E-state index in [-0.39, 0.29) is 80.4 Å². The zero-order valence-electron chi connectivity index (χ0n) is 36.6. The van der Waals surface area contributed by atoms with E-state index in [1.807, 2.05) is 49.3 Å². The molecule has 1 aliphatic carbocycles. The Morgan fingerprint density at radius 2 is 1.36 bits per heavy atom. The number of carbonyl (C=O) groups excluding carboxylic acids is 2. The van der Waals surface area contributed by atoms with Gasteiger partial charge in [0.15, 0.2) is 5.43 Å². The van der Waals surface area contributed by atoms with E-state index in [1.165, 1.54) is 60.8 Å². The van der Waals surface area contributed by atoms with Crippen LogP contribution in [0.25, 0.3) is 45.6 Å². The Hall–Kier alpha value is -9.57. The predicted octanol–water partition coefficient (Wildman–Crippen LogP) is 6.45. The molecule has 1 aromatic heterocycles. The van der Waals surface area contributed by atoms with Gasteiger partial charge in [0.05, 0.1) is 28.8 Å². The molecule has 3 heterocycles. The van der Waals surface area contributed by atoms with Gasteiger partial charge in [-0.1, -0.05) is 36.9 Å². The van der Waals surface area contributed by atoms with Crippen LogP contribution in [0.5, 0.6) is 17.2 Å². The highest BCUT2D eigenvalue weighted by molar-refractivity contribution is 6.09. The molecule has 0 unspecified atom stereocenters. The number of phenols is 1. The number of aromatic nitrogens is 1. The van der Waals surface area contributed by atoms with Crippen molar-refractivity contribution >= 4 is 58.5 Å². The summed E-state index contributed by atoms with van der Waals surface area (Å²) in [5.74, 6) is -4.34. The number of fused-ring (bicyclic) bond motifs is 4. The Balaban J connectivity index is 0.931. The average Bonchev–Trinajstić information content (AvgIpc) is 3.33. The Labute approximate surface area is 390 Å². The molecule has 2 aliphatic heterocycles. The minimum Gasteiger partial charge on any atom is -0.508 e. The van der Waals surface area contributed by atoms with E-state index < -0.39 is 35.2 Å². The molecule has 5 aromatic carbocycles. The van der Waals surface area contributed by atoms with Crippen molar-refractivity contribution in [2.45, 2.75) is 13.1 Å². The van der Waals surface area contributed by atoms with Crippen molar-refractivity contribution < 1.29 is 53.6 Å². The maximum Gasteiger partial charge on any atom is 0.336 e. The Bertz CT molecular complexity index is 3660. The standard InChI is InChI=1S/C53H38N4O12/c1-26-4-10-34-43(18-26)68-44-21-30(57(2)3)8-13-35(44)46(34)32-11-6-28(19-38(32)52(64)65)49(60)55-24-27-5-16-41(54-23-27)50(61)56-25-40-42(59)17-15-37-47(36-14-9-31(58)22-45(36)69-48(37)40)33-12-7-29(51(62)63)20-39(33)53(66)67/h4-23,58H,1,24-25H2,2-3H3,(H,55,60)(H,56,61)(H,62,63)(H,64,65)(H,66,67). The number of carboxylic acids is 3. The van der Waals surface area contributed by atoms with Gasteiger partial charge in [-0.2, -0.15) is 0 Å². The number of ether oxygens (including phenoxy) is 1.